The maximum absolute atomic E-state index is 11.9. The molecule has 0 saturated heterocycles. The Balaban J connectivity index is 2.28. The number of ether oxygens (including phenoxy) is 1. The number of unbranched alkanes of at least 4 members (excludes halogenated alkanes) is 1. The van der Waals surface area contributed by atoms with Gasteiger partial charge in [-0.25, -0.2) is 0 Å². The van der Waals surface area contributed by atoms with E-state index in [9.17, 15) is 9.59 Å². The van der Waals surface area contributed by atoms with E-state index in [0.29, 0.717) is 24.2 Å². The minimum absolute atomic E-state index is 0.0252. The monoisotopic (exact) mass is 296 g/mol. The van der Waals surface area contributed by atoms with Crippen molar-refractivity contribution in [2.75, 3.05) is 0 Å². The summed E-state index contributed by atoms with van der Waals surface area (Å²) in [6.07, 6.45) is 7.82. The van der Waals surface area contributed by atoms with Gasteiger partial charge in [0.1, 0.15) is 11.9 Å². The molecule has 0 N–H and O–H groups in total. The molecule has 0 aromatic rings. The Labute approximate surface area is 129 Å². The molecule has 1 aliphatic rings. The van der Waals surface area contributed by atoms with Crippen LogP contribution >= 0.6 is 0 Å². The van der Waals surface area contributed by atoms with Crippen LogP contribution in [0.3, 0.4) is 0 Å². The van der Waals surface area contributed by atoms with Gasteiger partial charge in [0, 0.05) is 12.8 Å². The highest BCUT2D eigenvalue weighted by Crippen LogP contribution is 2.40. The predicted molar refractivity (Wildman–Crippen MR) is 85.1 cm³/mol. The molecule has 0 amide bonds. The molecule has 0 heterocycles. The molecule has 0 bridgehead atoms. The van der Waals surface area contributed by atoms with Crippen LogP contribution in [-0.4, -0.2) is 17.9 Å². The highest BCUT2D eigenvalue weighted by atomic mass is 16.5. The molecule has 0 spiro atoms. The van der Waals surface area contributed by atoms with E-state index in [1.807, 2.05) is 6.92 Å². The van der Waals surface area contributed by atoms with Crippen molar-refractivity contribution < 1.29 is 14.3 Å². The third-order valence-electron chi connectivity index (χ3n) is 4.64. The molecule has 2 atom stereocenters. The summed E-state index contributed by atoms with van der Waals surface area (Å²) in [6, 6.07) is 0. The number of rotatable bonds is 8. The summed E-state index contributed by atoms with van der Waals surface area (Å²) in [4.78, 5) is 23.4. The second-order valence-corrected chi connectivity index (χ2v) is 7.36. The smallest absolute Gasteiger partial charge is 0.306 e. The highest BCUT2D eigenvalue weighted by Gasteiger charge is 2.32. The molecule has 122 valence electrons. The molecular formula is C18H32O3. The first kappa shape index (κ1) is 18.2. The molecule has 0 aromatic heterocycles. The number of carbonyl (C=O) groups excluding carboxylic acids is 2. The molecule has 0 aromatic carbocycles. The highest BCUT2D eigenvalue weighted by molar-refractivity contribution is 5.82. The van der Waals surface area contributed by atoms with Crippen LogP contribution < -0.4 is 0 Å². The van der Waals surface area contributed by atoms with Gasteiger partial charge in [-0.1, -0.05) is 33.6 Å². The van der Waals surface area contributed by atoms with Crippen LogP contribution in [0.25, 0.3) is 0 Å². The van der Waals surface area contributed by atoms with Gasteiger partial charge in [-0.2, -0.15) is 0 Å². The normalized spacial score (nSPS) is 22.6. The van der Waals surface area contributed by atoms with Gasteiger partial charge in [0.15, 0.2) is 0 Å². The van der Waals surface area contributed by atoms with Crippen molar-refractivity contribution in [1.29, 1.82) is 0 Å². The minimum atomic E-state index is -0.212. The molecule has 3 nitrogen and oxygen atoms in total. The predicted octanol–water partition coefficient (Wildman–Crippen LogP) is 4.67. The van der Waals surface area contributed by atoms with Crippen molar-refractivity contribution in [3.63, 3.8) is 0 Å². The Bertz CT molecular complexity index is 346. The zero-order valence-corrected chi connectivity index (χ0v) is 14.2. The van der Waals surface area contributed by atoms with Crippen LogP contribution in [0.15, 0.2) is 0 Å². The van der Waals surface area contributed by atoms with Crippen LogP contribution in [0.2, 0.25) is 0 Å². The second-order valence-electron chi connectivity index (χ2n) is 7.36. The van der Waals surface area contributed by atoms with Crippen molar-refractivity contribution in [1.82, 2.24) is 0 Å². The van der Waals surface area contributed by atoms with Gasteiger partial charge < -0.3 is 4.74 Å². The fourth-order valence-electron chi connectivity index (χ4n) is 3.26. The number of ketones is 1. The largest absolute Gasteiger partial charge is 0.462 e. The standard InChI is InChI=1S/C18H32O3/c1-5-6-9-16(19)10-11-17(20)21-14(2)15-8-7-12-18(3,4)13-15/h14-15H,5-13H2,1-4H3. The fourth-order valence-corrected chi connectivity index (χ4v) is 3.26. The Morgan fingerprint density at radius 1 is 1.24 bits per heavy atom. The van der Waals surface area contributed by atoms with Crippen molar-refractivity contribution in [2.45, 2.75) is 91.6 Å². The van der Waals surface area contributed by atoms with Gasteiger partial charge in [-0.15, -0.1) is 0 Å². The SMILES string of the molecule is CCCCC(=O)CCC(=O)OC(C)C1CCCC(C)(C)C1. The maximum atomic E-state index is 11.9. The Hall–Kier alpha value is -0.860. The lowest BCUT2D eigenvalue weighted by Gasteiger charge is -2.37. The summed E-state index contributed by atoms with van der Waals surface area (Å²) < 4.78 is 5.55. The van der Waals surface area contributed by atoms with E-state index in [2.05, 4.69) is 20.8 Å². The molecule has 2 unspecified atom stereocenters. The molecule has 0 aliphatic heterocycles. The number of esters is 1. The summed E-state index contributed by atoms with van der Waals surface area (Å²) in [6.45, 7) is 8.65. The lowest BCUT2D eigenvalue weighted by molar-refractivity contribution is -0.153. The Morgan fingerprint density at radius 3 is 2.57 bits per heavy atom. The summed E-state index contributed by atoms with van der Waals surface area (Å²) >= 11 is 0. The molecule has 0 radical (unpaired) electrons. The number of hydrogen-bond donors (Lipinski definition) is 0. The van der Waals surface area contributed by atoms with E-state index < -0.39 is 0 Å². The Morgan fingerprint density at radius 2 is 1.95 bits per heavy atom. The average molecular weight is 296 g/mol. The summed E-state index contributed by atoms with van der Waals surface area (Å²) in [5.41, 5.74) is 0.361. The van der Waals surface area contributed by atoms with Crippen molar-refractivity contribution in [3.8, 4) is 0 Å². The summed E-state index contributed by atoms with van der Waals surface area (Å²) in [7, 11) is 0. The van der Waals surface area contributed by atoms with Crippen LogP contribution in [0.4, 0.5) is 0 Å². The molecule has 1 aliphatic carbocycles. The van der Waals surface area contributed by atoms with Crippen molar-refractivity contribution >= 4 is 11.8 Å². The molecule has 21 heavy (non-hydrogen) atoms. The first-order valence-electron chi connectivity index (χ1n) is 8.55. The van der Waals surface area contributed by atoms with E-state index >= 15 is 0 Å². The van der Waals surface area contributed by atoms with Gasteiger partial charge in [0.05, 0.1) is 6.42 Å². The van der Waals surface area contributed by atoms with E-state index in [4.69, 9.17) is 4.74 Å². The number of hydrogen-bond acceptors (Lipinski definition) is 3. The van der Waals surface area contributed by atoms with Crippen molar-refractivity contribution in [2.24, 2.45) is 11.3 Å². The van der Waals surface area contributed by atoms with E-state index in [0.717, 1.165) is 25.7 Å². The quantitative estimate of drug-likeness (QED) is 0.611. The van der Waals surface area contributed by atoms with Crippen LogP contribution in [0.1, 0.15) is 85.5 Å². The van der Waals surface area contributed by atoms with Crippen LogP contribution in [0.5, 0.6) is 0 Å². The summed E-state index contributed by atoms with van der Waals surface area (Å²) in [5.74, 6) is 0.435. The van der Waals surface area contributed by atoms with Gasteiger partial charge in [-0.3, -0.25) is 9.59 Å². The lowest BCUT2D eigenvalue weighted by atomic mass is 9.71. The Kier molecular flexibility index (Phi) is 7.41. The average Bonchev–Trinajstić information content (AvgIpc) is 2.41. The first-order chi connectivity index (χ1) is 9.84. The van der Waals surface area contributed by atoms with E-state index in [1.165, 1.54) is 12.8 Å². The third kappa shape index (κ3) is 7.10. The fraction of sp³-hybridized carbons (Fsp3) is 0.889. The molecule has 1 rings (SSSR count). The molecular weight excluding hydrogens is 264 g/mol. The first-order valence-corrected chi connectivity index (χ1v) is 8.55. The molecule has 1 saturated carbocycles. The van der Waals surface area contributed by atoms with Crippen molar-refractivity contribution in [3.05, 3.63) is 0 Å². The second kappa shape index (κ2) is 8.55. The zero-order chi connectivity index (χ0) is 15.9. The molecule has 1 fully saturated rings. The third-order valence-corrected chi connectivity index (χ3v) is 4.64. The van der Waals surface area contributed by atoms with Gasteiger partial charge in [0.25, 0.3) is 0 Å². The molecule has 3 heteroatoms. The topological polar surface area (TPSA) is 43.4 Å². The van der Waals surface area contributed by atoms with Gasteiger partial charge in [-0.05, 0) is 43.9 Å². The maximum Gasteiger partial charge on any atom is 0.306 e. The van der Waals surface area contributed by atoms with E-state index in [1.54, 1.807) is 0 Å². The van der Waals surface area contributed by atoms with Gasteiger partial charge >= 0.3 is 5.97 Å². The minimum Gasteiger partial charge on any atom is -0.462 e. The van der Waals surface area contributed by atoms with E-state index in [-0.39, 0.29) is 24.3 Å². The lowest BCUT2D eigenvalue weighted by Crippen LogP contribution is -2.32. The van der Waals surface area contributed by atoms with Crippen LogP contribution in [0, 0.1) is 11.3 Å². The number of Topliss-reactive ketones (excluding diaryl/α,β-unsaturated/α-hetero) is 1. The summed E-state index contributed by atoms with van der Waals surface area (Å²) in [5, 5.41) is 0. The van der Waals surface area contributed by atoms with Crippen LogP contribution in [-0.2, 0) is 14.3 Å². The number of carbonyl (C=O) groups is 2. The van der Waals surface area contributed by atoms with Gasteiger partial charge in [0.2, 0.25) is 0 Å². The zero-order valence-electron chi connectivity index (χ0n) is 14.2.